The van der Waals surface area contributed by atoms with Crippen LogP contribution >= 0.6 is 23.6 Å². The molecule has 1 N–H and O–H groups in total. The maximum atomic E-state index is 13.6. The predicted octanol–water partition coefficient (Wildman–Crippen LogP) is 5.09. The Kier molecular flexibility index (Phi) is 4.32. The Morgan fingerprint density at radius 2 is 2.00 bits per heavy atom. The molecule has 0 saturated heterocycles. The van der Waals surface area contributed by atoms with Gasteiger partial charge in [0.2, 0.25) is 0 Å². The Labute approximate surface area is 150 Å². The minimum Gasteiger partial charge on any atom is -0.300 e. The molecule has 0 amide bonds. The summed E-state index contributed by atoms with van der Waals surface area (Å²) in [7, 11) is 0. The van der Waals surface area contributed by atoms with Crippen LogP contribution in [0.2, 0.25) is 0 Å². The Balaban J connectivity index is 2.53. The minimum absolute atomic E-state index is 0.0487. The lowest BCUT2D eigenvalue weighted by Gasteiger charge is -2.17. The van der Waals surface area contributed by atoms with Crippen molar-refractivity contribution in [3.05, 3.63) is 43.8 Å². The second-order valence-electron chi connectivity index (χ2n) is 5.88. The fourth-order valence-electron chi connectivity index (χ4n) is 2.65. The summed E-state index contributed by atoms with van der Waals surface area (Å²) in [5.41, 5.74) is -1.78. The maximum Gasteiger partial charge on any atom is 0.417 e. The summed E-state index contributed by atoms with van der Waals surface area (Å²) in [5, 5.41) is -0.494. The molecule has 132 valence electrons. The Morgan fingerprint density at radius 3 is 2.52 bits per heavy atom. The summed E-state index contributed by atoms with van der Waals surface area (Å²) in [6.07, 6.45) is -4.69. The SMILES string of the molecule is Cc1ccc(-c2cc(C(F)(F)F)c3c(=O)[nH]c(=S)n(C(C)C)c3n2)s1. The van der Waals surface area contributed by atoms with Crippen LogP contribution in [0.15, 0.2) is 23.0 Å². The van der Waals surface area contributed by atoms with Crippen LogP contribution in [-0.2, 0) is 6.18 Å². The molecule has 0 unspecified atom stereocenters. The van der Waals surface area contributed by atoms with Gasteiger partial charge in [0.25, 0.3) is 5.56 Å². The van der Waals surface area contributed by atoms with E-state index in [2.05, 4.69) is 9.97 Å². The second kappa shape index (κ2) is 6.06. The zero-order valence-electron chi connectivity index (χ0n) is 13.6. The van der Waals surface area contributed by atoms with Crippen molar-refractivity contribution < 1.29 is 13.2 Å². The lowest BCUT2D eigenvalue weighted by molar-refractivity contribution is -0.136. The molecule has 0 radical (unpaired) electrons. The smallest absolute Gasteiger partial charge is 0.300 e. The number of hydrogen-bond acceptors (Lipinski definition) is 4. The zero-order valence-corrected chi connectivity index (χ0v) is 15.2. The van der Waals surface area contributed by atoms with Crippen molar-refractivity contribution in [3.8, 4) is 10.6 Å². The molecule has 3 rings (SSSR count). The van der Waals surface area contributed by atoms with Gasteiger partial charge in [0.05, 0.1) is 21.5 Å². The van der Waals surface area contributed by atoms with E-state index in [1.54, 1.807) is 19.9 Å². The minimum atomic E-state index is -4.69. The summed E-state index contributed by atoms with van der Waals surface area (Å²) in [5.74, 6) is 0. The molecule has 0 aliphatic rings. The lowest BCUT2D eigenvalue weighted by atomic mass is 10.1. The van der Waals surface area contributed by atoms with E-state index < -0.39 is 22.7 Å². The van der Waals surface area contributed by atoms with Gasteiger partial charge in [0, 0.05) is 10.9 Å². The van der Waals surface area contributed by atoms with Crippen molar-refractivity contribution in [1.82, 2.24) is 14.5 Å². The first-order valence-corrected chi connectivity index (χ1v) is 8.65. The van der Waals surface area contributed by atoms with Crippen LogP contribution in [-0.4, -0.2) is 14.5 Å². The maximum absolute atomic E-state index is 13.6. The Bertz CT molecular complexity index is 1080. The number of aromatic nitrogens is 3. The average molecular weight is 385 g/mol. The van der Waals surface area contributed by atoms with E-state index in [9.17, 15) is 18.0 Å². The lowest BCUT2D eigenvalue weighted by Crippen LogP contribution is -2.21. The van der Waals surface area contributed by atoms with Crippen LogP contribution in [0.1, 0.15) is 30.3 Å². The number of hydrogen-bond donors (Lipinski definition) is 1. The third-order valence-corrected chi connectivity index (χ3v) is 5.03. The number of thiophene rings is 1. The first kappa shape index (κ1) is 17.8. The summed E-state index contributed by atoms with van der Waals surface area (Å²) >= 11 is 6.47. The second-order valence-corrected chi connectivity index (χ2v) is 7.56. The van der Waals surface area contributed by atoms with E-state index >= 15 is 0 Å². The van der Waals surface area contributed by atoms with E-state index in [1.165, 1.54) is 15.9 Å². The van der Waals surface area contributed by atoms with E-state index in [0.29, 0.717) is 4.88 Å². The van der Waals surface area contributed by atoms with Gasteiger partial charge in [0.1, 0.15) is 5.65 Å². The number of fused-ring (bicyclic) bond motifs is 1. The van der Waals surface area contributed by atoms with Gasteiger partial charge in [-0.3, -0.25) is 14.3 Å². The van der Waals surface area contributed by atoms with Gasteiger partial charge >= 0.3 is 6.18 Å². The Morgan fingerprint density at radius 1 is 1.32 bits per heavy atom. The van der Waals surface area contributed by atoms with Crippen LogP contribution in [0, 0.1) is 11.7 Å². The third kappa shape index (κ3) is 3.13. The molecule has 4 nitrogen and oxygen atoms in total. The molecule has 0 aliphatic heterocycles. The number of nitrogens with zero attached hydrogens (tertiary/aromatic N) is 2. The molecule has 3 heterocycles. The largest absolute Gasteiger partial charge is 0.417 e. The van der Waals surface area contributed by atoms with Crippen molar-refractivity contribution in [2.45, 2.75) is 33.0 Å². The summed E-state index contributed by atoms with van der Waals surface area (Å²) in [6, 6.07) is 4.19. The molecule has 0 aromatic carbocycles. The van der Waals surface area contributed by atoms with Crippen LogP contribution in [0.5, 0.6) is 0 Å². The molecule has 0 aliphatic carbocycles. The molecule has 0 fully saturated rings. The van der Waals surface area contributed by atoms with Crippen molar-refractivity contribution in [2.75, 3.05) is 0 Å². The van der Waals surface area contributed by atoms with E-state index in [4.69, 9.17) is 12.2 Å². The van der Waals surface area contributed by atoms with Crippen molar-refractivity contribution in [2.24, 2.45) is 0 Å². The van der Waals surface area contributed by atoms with E-state index in [1.807, 2.05) is 13.0 Å². The third-order valence-electron chi connectivity index (χ3n) is 3.71. The summed E-state index contributed by atoms with van der Waals surface area (Å²) < 4.78 is 42.3. The number of pyridine rings is 1. The van der Waals surface area contributed by atoms with Crippen LogP contribution < -0.4 is 5.56 Å². The van der Waals surface area contributed by atoms with Gasteiger partial charge in [-0.25, -0.2) is 4.98 Å². The number of H-pyrrole nitrogens is 1. The zero-order chi connectivity index (χ0) is 18.5. The molecule has 3 aromatic heterocycles. The fraction of sp³-hybridized carbons (Fsp3) is 0.312. The summed E-state index contributed by atoms with van der Waals surface area (Å²) in [4.78, 5) is 20.5. The van der Waals surface area contributed by atoms with E-state index in [0.717, 1.165) is 10.9 Å². The molecular formula is C16H14F3N3OS2. The van der Waals surface area contributed by atoms with Crippen LogP contribution in [0.25, 0.3) is 21.6 Å². The molecular weight excluding hydrogens is 371 g/mol. The van der Waals surface area contributed by atoms with Gasteiger partial charge < -0.3 is 0 Å². The van der Waals surface area contributed by atoms with Gasteiger partial charge in [-0.2, -0.15) is 13.2 Å². The first-order chi connectivity index (χ1) is 11.6. The topological polar surface area (TPSA) is 50.7 Å². The number of rotatable bonds is 2. The van der Waals surface area contributed by atoms with Gasteiger partial charge in [0.15, 0.2) is 4.77 Å². The Hall–Kier alpha value is -2.00. The molecule has 9 heteroatoms. The van der Waals surface area contributed by atoms with Crippen molar-refractivity contribution >= 4 is 34.6 Å². The highest BCUT2D eigenvalue weighted by molar-refractivity contribution is 7.71. The quantitative estimate of drug-likeness (QED) is 0.625. The molecule has 0 spiro atoms. The standard InChI is InChI=1S/C16H14F3N3OS2/c1-7(2)22-13-12(14(23)21-15(22)24)9(16(17,18)19)6-10(20-13)11-5-4-8(3)25-11/h4-7H,1-3H3,(H,21,23,24). The number of aryl methyl sites for hydroxylation is 1. The number of nitrogens with one attached hydrogen (secondary N) is 1. The molecule has 25 heavy (non-hydrogen) atoms. The highest BCUT2D eigenvalue weighted by Crippen LogP contribution is 2.37. The first-order valence-electron chi connectivity index (χ1n) is 7.43. The van der Waals surface area contributed by atoms with Gasteiger partial charge in [-0.1, -0.05) is 0 Å². The van der Waals surface area contributed by atoms with Crippen LogP contribution in [0.3, 0.4) is 0 Å². The molecule has 3 aromatic rings. The molecule has 0 bridgehead atoms. The van der Waals surface area contributed by atoms with Crippen molar-refractivity contribution in [3.63, 3.8) is 0 Å². The average Bonchev–Trinajstić information content (AvgIpc) is 2.91. The van der Waals surface area contributed by atoms with E-state index in [-0.39, 0.29) is 22.2 Å². The number of alkyl halides is 3. The fourth-order valence-corrected chi connectivity index (χ4v) is 3.87. The normalized spacial score (nSPS) is 12.3. The molecule has 0 saturated carbocycles. The summed E-state index contributed by atoms with van der Waals surface area (Å²) in [6.45, 7) is 5.40. The van der Waals surface area contributed by atoms with Crippen LogP contribution in [0.4, 0.5) is 13.2 Å². The number of halogens is 3. The number of aromatic amines is 1. The predicted molar refractivity (Wildman–Crippen MR) is 94.6 cm³/mol. The van der Waals surface area contributed by atoms with Crippen molar-refractivity contribution in [1.29, 1.82) is 0 Å². The van der Waals surface area contributed by atoms with Gasteiger partial charge in [-0.15, -0.1) is 11.3 Å². The highest BCUT2D eigenvalue weighted by atomic mass is 32.1. The monoisotopic (exact) mass is 385 g/mol. The molecule has 0 atom stereocenters. The van der Waals surface area contributed by atoms with Gasteiger partial charge in [-0.05, 0) is 51.2 Å². The highest BCUT2D eigenvalue weighted by Gasteiger charge is 2.35.